The molecule has 0 aliphatic carbocycles. The van der Waals surface area contributed by atoms with E-state index in [9.17, 15) is 9.59 Å². The third-order valence-electron chi connectivity index (χ3n) is 3.13. The van der Waals surface area contributed by atoms with Gasteiger partial charge in [-0.3, -0.25) is 9.59 Å². The number of carbonyl (C=O) groups excluding carboxylic acids is 2. The first kappa shape index (κ1) is 18.0. The normalized spacial score (nSPS) is 11.7. The van der Waals surface area contributed by atoms with Gasteiger partial charge >= 0.3 is 0 Å². The number of hydrogen-bond donors (Lipinski definition) is 2. The number of nitrogens with two attached hydrogens (primary N) is 1. The number of anilines is 1. The van der Waals surface area contributed by atoms with Crippen LogP contribution >= 0.6 is 0 Å². The highest BCUT2D eigenvalue weighted by molar-refractivity contribution is 5.98. The van der Waals surface area contributed by atoms with Gasteiger partial charge in [0.25, 0.3) is 5.91 Å². The second-order valence-corrected chi connectivity index (χ2v) is 5.23. The number of rotatable bonds is 7. The Labute approximate surface area is 131 Å². The number of nitrogens with one attached hydrogen (secondary N) is 1. The molecule has 1 aromatic carbocycles. The van der Waals surface area contributed by atoms with Crippen molar-refractivity contribution in [1.82, 2.24) is 4.90 Å². The van der Waals surface area contributed by atoms with E-state index in [1.54, 1.807) is 32.3 Å². The Kier molecular flexibility index (Phi) is 6.85. The number of nitrogens with zero attached hydrogens (tertiary/aromatic N) is 1. The second kappa shape index (κ2) is 8.38. The summed E-state index contributed by atoms with van der Waals surface area (Å²) in [6.45, 7) is 4.25. The summed E-state index contributed by atoms with van der Waals surface area (Å²) in [4.78, 5) is 25.5. The average Bonchev–Trinajstić information content (AvgIpc) is 2.48. The molecule has 122 valence electrons. The lowest BCUT2D eigenvalue weighted by Crippen LogP contribution is -2.35. The van der Waals surface area contributed by atoms with Crippen LogP contribution in [0.15, 0.2) is 18.2 Å². The highest BCUT2D eigenvalue weighted by Gasteiger charge is 2.17. The van der Waals surface area contributed by atoms with E-state index in [0.29, 0.717) is 30.0 Å². The van der Waals surface area contributed by atoms with E-state index in [1.807, 2.05) is 13.8 Å². The predicted molar refractivity (Wildman–Crippen MR) is 87.1 cm³/mol. The number of amides is 2. The molecular formula is C16H25N3O3. The summed E-state index contributed by atoms with van der Waals surface area (Å²) in [6.07, 6.45) is 1.45. The Hall–Kier alpha value is -2.08. The molecule has 1 atom stereocenters. The molecular weight excluding hydrogens is 282 g/mol. The molecule has 0 saturated heterocycles. The molecule has 0 aliphatic rings. The fourth-order valence-corrected chi connectivity index (χ4v) is 1.96. The van der Waals surface area contributed by atoms with Gasteiger partial charge in [0.2, 0.25) is 5.91 Å². The second-order valence-electron chi connectivity index (χ2n) is 5.23. The Morgan fingerprint density at radius 2 is 2.00 bits per heavy atom. The maximum atomic E-state index is 12.0. The molecule has 0 aliphatic heterocycles. The molecule has 22 heavy (non-hydrogen) atoms. The van der Waals surface area contributed by atoms with E-state index in [-0.39, 0.29) is 11.8 Å². The fraction of sp³-hybridized carbons (Fsp3) is 0.500. The fourth-order valence-electron chi connectivity index (χ4n) is 1.96. The molecule has 0 radical (unpaired) electrons. The lowest BCUT2D eigenvalue weighted by molar-refractivity contribution is -0.117. The monoisotopic (exact) mass is 307 g/mol. The van der Waals surface area contributed by atoms with Crippen LogP contribution in [0.3, 0.4) is 0 Å². The SMILES string of the molecule is CCCC(N)C(=O)Nc1ccc(C(=O)N(C)C)cc1OCC. The predicted octanol–water partition coefficient (Wildman–Crippen LogP) is 1.85. The minimum atomic E-state index is -0.553. The Bertz CT molecular complexity index is 529. The van der Waals surface area contributed by atoms with Crippen LogP contribution in [0.2, 0.25) is 0 Å². The van der Waals surface area contributed by atoms with E-state index >= 15 is 0 Å². The highest BCUT2D eigenvalue weighted by atomic mass is 16.5. The van der Waals surface area contributed by atoms with Crippen LogP contribution in [0.25, 0.3) is 0 Å². The van der Waals surface area contributed by atoms with Gasteiger partial charge in [0.05, 0.1) is 18.3 Å². The number of hydrogen-bond acceptors (Lipinski definition) is 4. The van der Waals surface area contributed by atoms with Gasteiger partial charge in [-0.15, -0.1) is 0 Å². The van der Waals surface area contributed by atoms with Crippen LogP contribution in [0.5, 0.6) is 5.75 Å². The molecule has 0 heterocycles. The van der Waals surface area contributed by atoms with Crippen LogP contribution in [0, 0.1) is 0 Å². The first-order chi connectivity index (χ1) is 10.4. The van der Waals surface area contributed by atoms with Crippen molar-refractivity contribution in [3.8, 4) is 5.75 Å². The van der Waals surface area contributed by atoms with Gasteiger partial charge in [0.1, 0.15) is 5.75 Å². The van der Waals surface area contributed by atoms with Crippen molar-refractivity contribution < 1.29 is 14.3 Å². The summed E-state index contributed by atoms with van der Waals surface area (Å²) >= 11 is 0. The number of benzene rings is 1. The zero-order valence-electron chi connectivity index (χ0n) is 13.7. The molecule has 0 bridgehead atoms. The van der Waals surface area contributed by atoms with Gasteiger partial charge in [-0.1, -0.05) is 13.3 Å². The van der Waals surface area contributed by atoms with Crippen molar-refractivity contribution in [2.45, 2.75) is 32.7 Å². The van der Waals surface area contributed by atoms with E-state index in [2.05, 4.69) is 5.32 Å². The molecule has 0 aromatic heterocycles. The van der Waals surface area contributed by atoms with Gasteiger partial charge in [-0.2, -0.15) is 0 Å². The Morgan fingerprint density at radius 1 is 1.32 bits per heavy atom. The lowest BCUT2D eigenvalue weighted by atomic mass is 10.1. The standard InChI is InChI=1S/C16H25N3O3/c1-5-7-12(17)15(20)18-13-9-8-11(16(21)19(3)4)10-14(13)22-6-2/h8-10,12H,5-7,17H2,1-4H3,(H,18,20). The van der Waals surface area contributed by atoms with E-state index in [4.69, 9.17) is 10.5 Å². The molecule has 6 nitrogen and oxygen atoms in total. The highest BCUT2D eigenvalue weighted by Crippen LogP contribution is 2.26. The largest absolute Gasteiger partial charge is 0.492 e. The minimum Gasteiger partial charge on any atom is -0.492 e. The van der Waals surface area contributed by atoms with Gasteiger partial charge in [-0.05, 0) is 31.5 Å². The van der Waals surface area contributed by atoms with E-state index < -0.39 is 6.04 Å². The molecule has 3 N–H and O–H groups in total. The van der Waals surface area contributed by atoms with E-state index in [0.717, 1.165) is 6.42 Å². The molecule has 2 amide bonds. The average molecular weight is 307 g/mol. The summed E-state index contributed by atoms with van der Waals surface area (Å²) in [7, 11) is 3.37. The van der Waals surface area contributed by atoms with Crippen molar-refractivity contribution in [2.24, 2.45) is 5.73 Å². The third-order valence-corrected chi connectivity index (χ3v) is 3.13. The quantitative estimate of drug-likeness (QED) is 0.805. The molecule has 1 unspecified atom stereocenters. The topological polar surface area (TPSA) is 84.7 Å². The van der Waals surface area contributed by atoms with Crippen molar-refractivity contribution in [3.05, 3.63) is 23.8 Å². The molecule has 0 saturated carbocycles. The molecule has 1 rings (SSSR count). The van der Waals surface area contributed by atoms with Crippen molar-refractivity contribution in [2.75, 3.05) is 26.0 Å². The van der Waals surface area contributed by atoms with Crippen LogP contribution in [0.4, 0.5) is 5.69 Å². The van der Waals surface area contributed by atoms with Gasteiger partial charge in [-0.25, -0.2) is 0 Å². The first-order valence-electron chi connectivity index (χ1n) is 7.45. The van der Waals surface area contributed by atoms with Crippen LogP contribution in [0.1, 0.15) is 37.0 Å². The zero-order valence-corrected chi connectivity index (χ0v) is 13.7. The zero-order chi connectivity index (χ0) is 16.7. The molecule has 0 spiro atoms. The first-order valence-corrected chi connectivity index (χ1v) is 7.45. The van der Waals surface area contributed by atoms with Gasteiger partial charge < -0.3 is 20.7 Å². The third kappa shape index (κ3) is 4.73. The summed E-state index contributed by atoms with van der Waals surface area (Å²) in [5.41, 5.74) is 6.83. The Balaban J connectivity index is 2.99. The summed E-state index contributed by atoms with van der Waals surface area (Å²) in [5, 5.41) is 2.76. The van der Waals surface area contributed by atoms with Crippen LogP contribution in [-0.2, 0) is 4.79 Å². The molecule has 0 fully saturated rings. The van der Waals surface area contributed by atoms with Crippen LogP contribution < -0.4 is 15.8 Å². The lowest BCUT2D eigenvalue weighted by Gasteiger charge is -2.16. The summed E-state index contributed by atoms with van der Waals surface area (Å²) < 4.78 is 5.52. The van der Waals surface area contributed by atoms with Crippen molar-refractivity contribution in [3.63, 3.8) is 0 Å². The van der Waals surface area contributed by atoms with Gasteiger partial charge in [0, 0.05) is 19.7 Å². The minimum absolute atomic E-state index is 0.124. The van der Waals surface area contributed by atoms with E-state index in [1.165, 1.54) is 4.90 Å². The molecule has 6 heteroatoms. The smallest absolute Gasteiger partial charge is 0.253 e. The Morgan fingerprint density at radius 3 is 2.55 bits per heavy atom. The van der Waals surface area contributed by atoms with Crippen LogP contribution in [-0.4, -0.2) is 43.5 Å². The summed E-state index contributed by atoms with van der Waals surface area (Å²) in [5.74, 6) is 0.0863. The maximum absolute atomic E-state index is 12.0. The number of ether oxygens (including phenoxy) is 1. The summed E-state index contributed by atoms with van der Waals surface area (Å²) in [6, 6.07) is 4.40. The van der Waals surface area contributed by atoms with Crippen molar-refractivity contribution >= 4 is 17.5 Å². The van der Waals surface area contributed by atoms with Crippen molar-refractivity contribution in [1.29, 1.82) is 0 Å². The number of carbonyl (C=O) groups is 2. The maximum Gasteiger partial charge on any atom is 0.253 e. The molecule has 1 aromatic rings. The van der Waals surface area contributed by atoms with Gasteiger partial charge in [0.15, 0.2) is 0 Å².